The van der Waals surface area contributed by atoms with Crippen molar-refractivity contribution in [3.63, 3.8) is 0 Å². The summed E-state index contributed by atoms with van der Waals surface area (Å²) < 4.78 is 43.1. The van der Waals surface area contributed by atoms with Crippen molar-refractivity contribution in [1.82, 2.24) is 0 Å². The van der Waals surface area contributed by atoms with E-state index in [1.165, 1.54) is 77.0 Å². The fourth-order valence-electron chi connectivity index (χ4n) is 3.06. The Balaban J connectivity index is -0.000000146. The molecule has 0 rings (SSSR count). The molecule has 0 aliphatic carbocycles. The zero-order valence-electron chi connectivity index (χ0n) is 26.4. The third-order valence-corrected chi connectivity index (χ3v) is 6.26. The summed E-state index contributed by atoms with van der Waals surface area (Å²) in [6.45, 7) is 10.8. The van der Waals surface area contributed by atoms with Gasteiger partial charge in [0.05, 0.1) is 0 Å². The zero-order chi connectivity index (χ0) is 31.3. The molecule has 10 nitrogen and oxygen atoms in total. The van der Waals surface area contributed by atoms with Crippen molar-refractivity contribution in [2.45, 2.75) is 156 Å². The molecule has 0 aliphatic heterocycles. The number of hydrogen-bond acceptors (Lipinski definition) is 10. The van der Waals surface area contributed by atoms with Gasteiger partial charge in [0, 0.05) is 0 Å². The number of unbranched alkanes of at least 4 members (excludes halogenated alkanes) is 15. The van der Waals surface area contributed by atoms with E-state index >= 15 is 0 Å². The largest absolute Gasteiger partial charge is 4.00 e. The van der Waals surface area contributed by atoms with Gasteiger partial charge in [-0.3, -0.25) is 0 Å². The maximum atomic E-state index is 9.95. The van der Waals surface area contributed by atoms with Gasteiger partial charge in [0.2, 0.25) is 0 Å². The van der Waals surface area contributed by atoms with E-state index in [2.05, 4.69) is 34.3 Å². The molecule has 0 spiro atoms. The first kappa shape index (κ1) is 51.3. The molecule has 0 heterocycles. The van der Waals surface area contributed by atoms with Crippen LogP contribution >= 0.6 is 24.8 Å². The third kappa shape index (κ3) is 79.5. The van der Waals surface area contributed by atoms with Crippen molar-refractivity contribution < 1.29 is 68.8 Å². The predicted octanol–water partition coefficient (Wildman–Crippen LogP) is 6.90. The Labute approximate surface area is 268 Å². The Bertz CT molecular complexity index is 464. The van der Waals surface area contributed by atoms with Gasteiger partial charge < -0.3 is 19.8 Å². The Morgan fingerprint density at radius 3 is 0.805 bits per heavy atom. The van der Waals surface area contributed by atoms with E-state index in [1.54, 1.807) is 13.8 Å². The minimum Gasteiger partial charge on any atom is -0.852 e. The smallest absolute Gasteiger partial charge is 0.852 e. The van der Waals surface area contributed by atoms with Gasteiger partial charge in [0.15, 0.2) is 0 Å². The molecule has 0 bridgehead atoms. The van der Waals surface area contributed by atoms with Gasteiger partial charge in [-0.2, -0.15) is 0 Å². The summed E-state index contributed by atoms with van der Waals surface area (Å²) in [5.74, 6) is 0. The van der Waals surface area contributed by atoms with Crippen LogP contribution in [0.5, 0.6) is 0 Å². The van der Waals surface area contributed by atoms with E-state index in [9.17, 15) is 33.5 Å². The van der Waals surface area contributed by atoms with Crippen molar-refractivity contribution in [3.8, 4) is 0 Å². The zero-order valence-corrected chi connectivity index (χ0v) is 30.6. The van der Waals surface area contributed by atoms with Crippen molar-refractivity contribution >= 4 is 24.8 Å². The molecule has 0 N–H and O–H groups in total. The molecule has 242 valence electrons. The van der Waals surface area contributed by atoms with Crippen molar-refractivity contribution in [3.05, 3.63) is 0 Å². The van der Waals surface area contributed by atoms with E-state index in [0.29, 0.717) is 19.8 Å². The monoisotopic (exact) mass is 683 g/mol. The van der Waals surface area contributed by atoms with E-state index in [0.717, 1.165) is 38.5 Å². The van der Waals surface area contributed by atoms with Crippen LogP contribution in [0.4, 0.5) is 0 Å². The quantitative estimate of drug-likeness (QED) is 0.0592. The first-order valence-corrected chi connectivity index (χ1v) is 18.3. The van der Waals surface area contributed by atoms with Gasteiger partial charge in [-0.15, -0.1) is 19.7 Å². The van der Waals surface area contributed by atoms with Gasteiger partial charge in [0.1, 0.15) is 19.8 Å². The van der Waals surface area contributed by atoms with E-state index < -0.39 is 30.9 Å². The van der Waals surface area contributed by atoms with Crippen LogP contribution in [-0.4, -0.2) is 25.9 Å². The predicted molar refractivity (Wildman–Crippen MR) is 156 cm³/mol. The molecule has 0 fully saturated rings. The first-order chi connectivity index (χ1) is 19.0. The molecule has 0 aromatic rings. The number of rotatable bonds is 24. The van der Waals surface area contributed by atoms with E-state index in [4.69, 9.17) is 0 Å². The first-order valence-electron chi connectivity index (χ1n) is 15.0. The summed E-state index contributed by atoms with van der Waals surface area (Å²) in [5, 5.41) is 9.53. The third-order valence-electron chi connectivity index (χ3n) is 5.08. The van der Waals surface area contributed by atoms with E-state index in [1.807, 2.05) is 0 Å². The number of hydrogen-bond donors (Lipinski definition) is 0. The van der Waals surface area contributed by atoms with E-state index in [-0.39, 0.29) is 21.7 Å². The Hall–Kier alpha value is 0.734. The van der Waals surface area contributed by atoms with Crippen LogP contribution in [0, 0.1) is 0 Å². The minimum absolute atomic E-state index is 0. The van der Waals surface area contributed by atoms with Crippen molar-refractivity contribution in [2.24, 2.45) is 0 Å². The molecular formula is C27H58O10P3Ti+3. The van der Waals surface area contributed by atoms with Gasteiger partial charge in [-0.05, 0) is 33.0 Å². The van der Waals surface area contributed by atoms with Gasteiger partial charge in [0.25, 0.3) is 0 Å². The van der Waals surface area contributed by atoms with Crippen LogP contribution in [0.3, 0.4) is 0 Å². The van der Waals surface area contributed by atoms with Crippen LogP contribution < -0.4 is 19.8 Å². The topological polar surface area (TPSA) is 171 Å². The van der Waals surface area contributed by atoms with Crippen LogP contribution in [0.15, 0.2) is 0 Å². The second kappa shape index (κ2) is 47.7. The minimum atomic E-state index is -2.63. The summed E-state index contributed by atoms with van der Waals surface area (Å²) in [7, 11) is -7.88. The Morgan fingerprint density at radius 2 is 0.634 bits per heavy atom. The molecule has 3 unspecified atom stereocenters. The maximum Gasteiger partial charge on any atom is 4.00 e. The molecule has 0 amide bonds. The summed E-state index contributed by atoms with van der Waals surface area (Å²) in [6.07, 6.45) is 20.2. The fourth-order valence-corrected chi connectivity index (χ4v) is 3.90. The standard InChI is InChI=1S/3C8H17O3P.C3H7O.Ti/c3*1-2-3-4-5-6-7-8-11-12(9)10;1-3(2)4;/h3*2-8H2,1H3;3H,1-2H3;/q;;;-1;+4. The maximum absolute atomic E-state index is 9.95. The molecule has 0 saturated heterocycles. The van der Waals surface area contributed by atoms with Gasteiger partial charge in [-0.1, -0.05) is 131 Å². The van der Waals surface area contributed by atoms with Crippen molar-refractivity contribution in [1.29, 1.82) is 0 Å². The second-order valence-electron chi connectivity index (χ2n) is 9.52. The van der Waals surface area contributed by atoms with Crippen LogP contribution in [0.25, 0.3) is 0 Å². The van der Waals surface area contributed by atoms with Gasteiger partial charge in [-0.25, -0.2) is 0 Å². The molecule has 0 aromatic heterocycles. The average molecular weight is 684 g/mol. The molecule has 0 radical (unpaired) electrons. The average Bonchev–Trinajstić information content (AvgIpc) is 2.87. The van der Waals surface area contributed by atoms with Crippen LogP contribution in [-0.2, 0) is 49.0 Å². The molecule has 41 heavy (non-hydrogen) atoms. The summed E-state index contributed by atoms with van der Waals surface area (Å²) in [4.78, 5) is 29.8. The molecule has 0 aromatic carbocycles. The second-order valence-corrected chi connectivity index (χ2v) is 11.6. The summed E-state index contributed by atoms with van der Waals surface area (Å²) >= 11 is 0. The van der Waals surface area contributed by atoms with Crippen LogP contribution in [0.2, 0.25) is 0 Å². The molecule has 0 aliphatic rings. The van der Waals surface area contributed by atoms with Gasteiger partial charge >= 0.3 is 46.5 Å². The molecule has 3 atom stereocenters. The summed E-state index contributed by atoms with van der Waals surface area (Å²) in [5.41, 5.74) is 0. The molecule has 14 heteroatoms. The van der Waals surface area contributed by atoms with Crippen LogP contribution in [0.1, 0.15) is 150 Å². The Kier molecular flexibility index (Phi) is 59.7. The normalized spacial score (nSPS) is 11.1. The molecule has 0 saturated carbocycles. The molecular weight excluding hydrogens is 625 g/mol. The van der Waals surface area contributed by atoms with Crippen molar-refractivity contribution in [2.75, 3.05) is 19.8 Å². The fraction of sp³-hybridized carbons (Fsp3) is 1.00. The summed E-state index contributed by atoms with van der Waals surface area (Å²) in [6, 6.07) is 0. The Morgan fingerprint density at radius 1 is 0.463 bits per heavy atom. The SMILES string of the molecule is CC(C)[O-].CCCCCCCCO[P+](=O)[O-].CCCCCCCCO[P+](=O)[O-].CCCCCCCCO[P+](=O)[O-].[Ti+4].